The van der Waals surface area contributed by atoms with Crippen molar-refractivity contribution in [2.45, 2.75) is 45.1 Å². The van der Waals surface area contributed by atoms with Crippen LogP contribution in [0.3, 0.4) is 0 Å². The Morgan fingerprint density at radius 3 is 2.65 bits per heavy atom. The van der Waals surface area contributed by atoms with Gasteiger partial charge >= 0.3 is 0 Å². The summed E-state index contributed by atoms with van der Waals surface area (Å²) in [5.74, 6) is 0.856. The lowest BCUT2D eigenvalue weighted by molar-refractivity contribution is -0.127. The number of hydrogen-bond acceptors (Lipinski definition) is 3. The van der Waals surface area contributed by atoms with Crippen molar-refractivity contribution in [3.63, 3.8) is 0 Å². The van der Waals surface area contributed by atoms with Gasteiger partial charge in [-0.15, -0.1) is 0 Å². The third kappa shape index (κ3) is 5.64. The lowest BCUT2D eigenvalue weighted by atomic mass is 10.1. The Bertz CT molecular complexity index is 265. The first kappa shape index (κ1) is 14.6. The third-order valence-corrected chi connectivity index (χ3v) is 4.53. The van der Waals surface area contributed by atoms with Crippen LogP contribution in [0.25, 0.3) is 0 Å². The minimum atomic E-state index is -1.01. The van der Waals surface area contributed by atoms with E-state index in [0.29, 0.717) is 5.75 Å². The zero-order valence-electron chi connectivity index (χ0n) is 10.7. The molecule has 4 nitrogen and oxygen atoms in total. The van der Waals surface area contributed by atoms with E-state index in [4.69, 9.17) is 5.73 Å². The lowest BCUT2D eigenvalue weighted by Gasteiger charge is -2.14. The first-order valence-corrected chi connectivity index (χ1v) is 8.00. The second kappa shape index (κ2) is 7.82. The second-order valence-corrected chi connectivity index (χ2v) is 6.26. The van der Waals surface area contributed by atoms with Crippen molar-refractivity contribution in [3.05, 3.63) is 0 Å². The molecule has 2 unspecified atom stereocenters. The van der Waals surface area contributed by atoms with Crippen LogP contribution in [0.15, 0.2) is 0 Å². The Hall–Kier alpha value is -0.420. The van der Waals surface area contributed by atoms with Gasteiger partial charge in [0.05, 0.1) is 0 Å². The van der Waals surface area contributed by atoms with Crippen LogP contribution in [-0.4, -0.2) is 45.7 Å². The molecule has 2 N–H and O–H groups in total. The average molecular weight is 260 g/mol. The van der Waals surface area contributed by atoms with Gasteiger partial charge in [0.15, 0.2) is 0 Å². The summed E-state index contributed by atoms with van der Waals surface area (Å²) in [7, 11) is -1.01. The Morgan fingerprint density at radius 2 is 2.06 bits per heavy atom. The summed E-state index contributed by atoms with van der Waals surface area (Å²) in [6.07, 6.45) is 4.89. The van der Waals surface area contributed by atoms with Crippen molar-refractivity contribution in [2.24, 2.45) is 5.73 Å². The summed E-state index contributed by atoms with van der Waals surface area (Å²) in [6.45, 7) is 3.74. The summed E-state index contributed by atoms with van der Waals surface area (Å²) in [5.41, 5.74) is 5.79. The largest absolute Gasteiger partial charge is 0.342 e. The van der Waals surface area contributed by atoms with Crippen molar-refractivity contribution in [2.75, 3.05) is 24.6 Å². The highest BCUT2D eigenvalue weighted by molar-refractivity contribution is 7.85. The standard InChI is InChI=1S/C12H24N2O2S/c1-2-11(13)6-5-9-17(16)10-12(15)14-7-3-4-8-14/h11H,2-10,13H2,1H3. The number of rotatable bonds is 7. The number of amides is 1. The summed E-state index contributed by atoms with van der Waals surface area (Å²) in [5, 5.41) is 0. The molecule has 1 heterocycles. The number of hydrogen-bond donors (Lipinski definition) is 1. The monoisotopic (exact) mass is 260 g/mol. The predicted octanol–water partition coefficient (Wildman–Crippen LogP) is 0.875. The summed E-state index contributed by atoms with van der Waals surface area (Å²) >= 11 is 0. The van der Waals surface area contributed by atoms with Gasteiger partial charge in [0.25, 0.3) is 0 Å². The third-order valence-electron chi connectivity index (χ3n) is 3.21. The molecule has 17 heavy (non-hydrogen) atoms. The van der Waals surface area contributed by atoms with Crippen LogP contribution in [0.4, 0.5) is 0 Å². The molecule has 1 aliphatic rings. The summed E-state index contributed by atoms with van der Waals surface area (Å²) in [4.78, 5) is 13.5. The molecule has 1 rings (SSSR count). The van der Waals surface area contributed by atoms with E-state index in [1.165, 1.54) is 0 Å². The zero-order valence-corrected chi connectivity index (χ0v) is 11.5. The van der Waals surface area contributed by atoms with Crippen LogP contribution in [0.2, 0.25) is 0 Å². The predicted molar refractivity (Wildman–Crippen MR) is 71.2 cm³/mol. The van der Waals surface area contributed by atoms with Crippen LogP contribution in [0.1, 0.15) is 39.0 Å². The van der Waals surface area contributed by atoms with Crippen molar-refractivity contribution in [1.82, 2.24) is 4.90 Å². The fourth-order valence-electron chi connectivity index (χ4n) is 1.98. The Labute approximate surface area is 106 Å². The topological polar surface area (TPSA) is 63.4 Å². The summed E-state index contributed by atoms with van der Waals surface area (Å²) in [6, 6.07) is 0.210. The van der Waals surface area contributed by atoms with Crippen molar-refractivity contribution in [3.8, 4) is 0 Å². The second-order valence-electron chi connectivity index (χ2n) is 4.69. The van der Waals surface area contributed by atoms with Crippen molar-refractivity contribution < 1.29 is 9.00 Å². The molecule has 0 aromatic rings. The van der Waals surface area contributed by atoms with Gasteiger partial charge in [-0.25, -0.2) is 0 Å². The highest BCUT2D eigenvalue weighted by Gasteiger charge is 2.19. The molecule has 100 valence electrons. The molecule has 2 atom stereocenters. The van der Waals surface area contributed by atoms with Crippen LogP contribution < -0.4 is 5.73 Å². The molecular formula is C12H24N2O2S. The van der Waals surface area contributed by atoms with E-state index < -0.39 is 10.8 Å². The molecule has 0 aromatic carbocycles. The van der Waals surface area contributed by atoms with E-state index >= 15 is 0 Å². The van der Waals surface area contributed by atoms with Crippen LogP contribution in [0.5, 0.6) is 0 Å². The van der Waals surface area contributed by atoms with Gasteiger partial charge in [0, 0.05) is 35.7 Å². The van der Waals surface area contributed by atoms with Gasteiger partial charge in [-0.05, 0) is 32.1 Å². The van der Waals surface area contributed by atoms with Gasteiger partial charge < -0.3 is 10.6 Å². The van der Waals surface area contributed by atoms with E-state index in [0.717, 1.165) is 45.2 Å². The molecule has 1 aliphatic heterocycles. The first-order chi connectivity index (χ1) is 8.13. The molecule has 0 aliphatic carbocycles. The van der Waals surface area contributed by atoms with Gasteiger partial charge in [-0.2, -0.15) is 0 Å². The quantitative estimate of drug-likeness (QED) is 0.739. The molecule has 1 amide bonds. The van der Waals surface area contributed by atoms with E-state index in [1.807, 2.05) is 4.90 Å². The smallest absolute Gasteiger partial charge is 0.235 e. The fourth-order valence-corrected chi connectivity index (χ4v) is 3.07. The van der Waals surface area contributed by atoms with Gasteiger partial charge in [0.1, 0.15) is 5.75 Å². The molecule has 1 fully saturated rings. The van der Waals surface area contributed by atoms with Crippen LogP contribution in [0, 0.1) is 0 Å². The normalized spacial score (nSPS) is 19.3. The Morgan fingerprint density at radius 1 is 1.41 bits per heavy atom. The Kier molecular flexibility index (Phi) is 6.73. The zero-order chi connectivity index (χ0) is 12.7. The molecule has 0 aromatic heterocycles. The van der Waals surface area contributed by atoms with Gasteiger partial charge in [-0.1, -0.05) is 6.92 Å². The lowest BCUT2D eigenvalue weighted by Crippen LogP contribution is -2.32. The molecular weight excluding hydrogens is 236 g/mol. The maximum absolute atomic E-state index is 11.7. The molecule has 0 bridgehead atoms. The van der Waals surface area contributed by atoms with Crippen LogP contribution in [-0.2, 0) is 15.6 Å². The number of nitrogens with two attached hydrogens (primary N) is 1. The van der Waals surface area contributed by atoms with Gasteiger partial charge in [-0.3, -0.25) is 9.00 Å². The van der Waals surface area contributed by atoms with E-state index in [9.17, 15) is 9.00 Å². The van der Waals surface area contributed by atoms with E-state index in [-0.39, 0.29) is 17.7 Å². The minimum Gasteiger partial charge on any atom is -0.342 e. The summed E-state index contributed by atoms with van der Waals surface area (Å²) < 4.78 is 11.7. The number of carbonyl (C=O) groups is 1. The molecule has 0 radical (unpaired) electrons. The Balaban J connectivity index is 2.13. The van der Waals surface area contributed by atoms with Crippen LogP contribution >= 0.6 is 0 Å². The van der Waals surface area contributed by atoms with E-state index in [2.05, 4.69) is 6.92 Å². The molecule has 0 saturated carbocycles. The average Bonchev–Trinajstić information content (AvgIpc) is 2.82. The SMILES string of the molecule is CCC(N)CCCS(=O)CC(=O)N1CCCC1. The molecule has 5 heteroatoms. The number of carbonyl (C=O) groups excluding carboxylic acids is 1. The van der Waals surface area contributed by atoms with Crippen molar-refractivity contribution >= 4 is 16.7 Å². The highest BCUT2D eigenvalue weighted by Crippen LogP contribution is 2.08. The minimum absolute atomic E-state index is 0.0561. The maximum Gasteiger partial charge on any atom is 0.235 e. The van der Waals surface area contributed by atoms with Crippen molar-refractivity contribution in [1.29, 1.82) is 0 Å². The fraction of sp³-hybridized carbons (Fsp3) is 0.917. The van der Waals surface area contributed by atoms with Gasteiger partial charge in [0.2, 0.25) is 5.91 Å². The first-order valence-electron chi connectivity index (χ1n) is 6.51. The molecule has 0 spiro atoms. The maximum atomic E-state index is 11.7. The number of likely N-dealkylation sites (tertiary alicyclic amines) is 1. The number of nitrogens with zero attached hydrogens (tertiary/aromatic N) is 1. The highest BCUT2D eigenvalue weighted by atomic mass is 32.2. The van der Waals surface area contributed by atoms with E-state index in [1.54, 1.807) is 0 Å². The molecule has 1 saturated heterocycles.